The summed E-state index contributed by atoms with van der Waals surface area (Å²) in [5.74, 6) is 2.44. The Hall–Kier alpha value is -1.64. The lowest BCUT2D eigenvalue weighted by atomic mass is 10.0. The van der Waals surface area contributed by atoms with Crippen molar-refractivity contribution in [3.63, 3.8) is 0 Å². The fourth-order valence-electron chi connectivity index (χ4n) is 2.82. The summed E-state index contributed by atoms with van der Waals surface area (Å²) in [7, 11) is 1.80. The van der Waals surface area contributed by atoms with Crippen molar-refractivity contribution in [3.05, 3.63) is 47.5 Å². The molecule has 7 heteroatoms. The highest BCUT2D eigenvalue weighted by molar-refractivity contribution is 14.0. The second-order valence-corrected chi connectivity index (χ2v) is 6.72. The zero-order valence-corrected chi connectivity index (χ0v) is 19.2. The number of benzene rings is 1. The van der Waals surface area contributed by atoms with E-state index in [4.69, 9.17) is 0 Å². The van der Waals surface area contributed by atoms with Crippen LogP contribution in [0.4, 0.5) is 0 Å². The summed E-state index contributed by atoms with van der Waals surface area (Å²) < 4.78 is 2.07. The third-order valence-corrected chi connectivity index (χ3v) is 4.46. The number of aliphatic imine (C=N–C) groups is 1. The lowest BCUT2D eigenvalue weighted by Crippen LogP contribution is -2.39. The Morgan fingerprint density at radius 3 is 2.48 bits per heavy atom. The summed E-state index contributed by atoms with van der Waals surface area (Å²) in [6.45, 7) is 9.07. The average Bonchev–Trinajstić information content (AvgIpc) is 3.11. The van der Waals surface area contributed by atoms with E-state index in [2.05, 4.69) is 75.4 Å². The molecule has 0 aliphatic heterocycles. The van der Waals surface area contributed by atoms with E-state index in [1.54, 1.807) is 13.4 Å². The van der Waals surface area contributed by atoms with Crippen LogP contribution in [0, 0.1) is 0 Å². The van der Waals surface area contributed by atoms with Gasteiger partial charge in [-0.1, -0.05) is 45.0 Å². The van der Waals surface area contributed by atoms with Gasteiger partial charge >= 0.3 is 0 Å². The number of nitrogens with one attached hydrogen (secondary N) is 2. The number of aromatic nitrogens is 3. The minimum absolute atomic E-state index is 0. The molecule has 0 radical (unpaired) electrons. The van der Waals surface area contributed by atoms with Gasteiger partial charge in [-0.3, -0.25) is 4.99 Å². The highest BCUT2D eigenvalue weighted by Gasteiger charge is 2.03. The summed E-state index contributed by atoms with van der Waals surface area (Å²) in [5.41, 5.74) is 2.79. The van der Waals surface area contributed by atoms with Crippen molar-refractivity contribution >= 4 is 29.9 Å². The highest BCUT2D eigenvalue weighted by Crippen LogP contribution is 2.15. The molecule has 0 saturated carbocycles. The predicted octanol–water partition coefficient (Wildman–Crippen LogP) is 3.38. The zero-order valence-electron chi connectivity index (χ0n) is 16.9. The van der Waals surface area contributed by atoms with Crippen LogP contribution < -0.4 is 10.6 Å². The van der Waals surface area contributed by atoms with E-state index in [1.165, 1.54) is 11.1 Å². The van der Waals surface area contributed by atoms with E-state index in [-0.39, 0.29) is 24.0 Å². The van der Waals surface area contributed by atoms with Crippen molar-refractivity contribution in [1.29, 1.82) is 0 Å². The van der Waals surface area contributed by atoms with E-state index in [0.29, 0.717) is 5.92 Å². The number of nitrogens with zero attached hydrogens (tertiary/aromatic N) is 4. The SMILES string of the molecule is CCc1nncn1CCNC(=NC)NCCCc1ccc(C(C)C)cc1.I. The Bertz CT molecular complexity index is 678. The maximum Gasteiger partial charge on any atom is 0.191 e. The van der Waals surface area contributed by atoms with Crippen LogP contribution in [0.5, 0.6) is 0 Å². The molecule has 1 aromatic heterocycles. The number of hydrogen-bond donors (Lipinski definition) is 2. The summed E-state index contributed by atoms with van der Waals surface area (Å²) in [6.07, 6.45) is 4.82. The van der Waals surface area contributed by atoms with Gasteiger partial charge in [0.25, 0.3) is 0 Å². The van der Waals surface area contributed by atoms with Crippen molar-refractivity contribution < 1.29 is 0 Å². The Kier molecular flexibility index (Phi) is 11.0. The second kappa shape index (κ2) is 12.7. The Morgan fingerprint density at radius 1 is 1.15 bits per heavy atom. The first-order valence-corrected chi connectivity index (χ1v) is 9.54. The topological polar surface area (TPSA) is 67.1 Å². The Balaban J connectivity index is 0.00000364. The van der Waals surface area contributed by atoms with E-state index in [9.17, 15) is 0 Å². The minimum atomic E-state index is 0. The molecule has 0 bridgehead atoms. The van der Waals surface area contributed by atoms with Gasteiger partial charge in [-0.2, -0.15) is 0 Å². The zero-order chi connectivity index (χ0) is 18.8. The van der Waals surface area contributed by atoms with Crippen molar-refractivity contribution in [3.8, 4) is 0 Å². The molecular weight excluding hydrogens is 451 g/mol. The first-order valence-electron chi connectivity index (χ1n) is 9.54. The maximum atomic E-state index is 4.28. The molecule has 6 nitrogen and oxygen atoms in total. The van der Waals surface area contributed by atoms with Gasteiger partial charge in [0.15, 0.2) is 5.96 Å². The monoisotopic (exact) mass is 484 g/mol. The fourth-order valence-corrected chi connectivity index (χ4v) is 2.82. The molecule has 0 aliphatic carbocycles. The van der Waals surface area contributed by atoms with Gasteiger partial charge in [-0.05, 0) is 29.9 Å². The third-order valence-electron chi connectivity index (χ3n) is 4.46. The molecule has 27 heavy (non-hydrogen) atoms. The summed E-state index contributed by atoms with van der Waals surface area (Å²) in [4.78, 5) is 4.28. The van der Waals surface area contributed by atoms with E-state index >= 15 is 0 Å². The van der Waals surface area contributed by atoms with E-state index < -0.39 is 0 Å². The van der Waals surface area contributed by atoms with Crippen molar-refractivity contribution in [2.75, 3.05) is 20.1 Å². The summed E-state index contributed by atoms with van der Waals surface area (Å²) >= 11 is 0. The normalized spacial score (nSPS) is 11.4. The Morgan fingerprint density at radius 2 is 1.85 bits per heavy atom. The van der Waals surface area contributed by atoms with Crippen LogP contribution in [0.25, 0.3) is 0 Å². The lowest BCUT2D eigenvalue weighted by Gasteiger charge is -2.13. The van der Waals surface area contributed by atoms with Crippen LogP contribution in [0.15, 0.2) is 35.6 Å². The van der Waals surface area contributed by atoms with E-state index in [1.807, 2.05) is 0 Å². The minimum Gasteiger partial charge on any atom is -0.356 e. The van der Waals surface area contributed by atoms with Gasteiger partial charge in [-0.15, -0.1) is 34.2 Å². The van der Waals surface area contributed by atoms with Gasteiger partial charge in [0.05, 0.1) is 0 Å². The molecule has 2 rings (SSSR count). The molecule has 0 unspecified atom stereocenters. The molecule has 0 fully saturated rings. The first kappa shape index (κ1) is 23.4. The van der Waals surface area contributed by atoms with Crippen molar-refractivity contribution in [2.45, 2.75) is 52.5 Å². The number of rotatable bonds is 9. The molecule has 1 heterocycles. The van der Waals surface area contributed by atoms with Crippen LogP contribution in [-0.4, -0.2) is 40.9 Å². The number of guanidine groups is 1. The molecule has 2 aromatic rings. The number of halogens is 1. The van der Waals surface area contributed by atoms with Crippen LogP contribution in [-0.2, 0) is 19.4 Å². The molecule has 1 aromatic carbocycles. The van der Waals surface area contributed by atoms with Crippen LogP contribution in [0.1, 0.15) is 50.1 Å². The van der Waals surface area contributed by atoms with Gasteiger partial charge in [0.1, 0.15) is 12.2 Å². The third kappa shape index (κ3) is 7.86. The Labute approximate surface area is 180 Å². The van der Waals surface area contributed by atoms with Gasteiger partial charge in [-0.25, -0.2) is 0 Å². The smallest absolute Gasteiger partial charge is 0.191 e. The molecule has 0 saturated heterocycles. The number of aryl methyl sites for hydroxylation is 2. The molecule has 2 N–H and O–H groups in total. The first-order chi connectivity index (χ1) is 12.6. The van der Waals surface area contributed by atoms with Crippen LogP contribution >= 0.6 is 24.0 Å². The molecule has 0 atom stereocenters. The number of hydrogen-bond acceptors (Lipinski definition) is 3. The maximum absolute atomic E-state index is 4.28. The lowest BCUT2D eigenvalue weighted by molar-refractivity contribution is 0.630. The quantitative estimate of drug-likeness (QED) is 0.248. The van der Waals surface area contributed by atoms with Gasteiger partial charge < -0.3 is 15.2 Å². The van der Waals surface area contributed by atoms with Crippen LogP contribution in [0.3, 0.4) is 0 Å². The summed E-state index contributed by atoms with van der Waals surface area (Å²) in [5, 5.41) is 14.8. The fraction of sp³-hybridized carbons (Fsp3) is 0.550. The predicted molar refractivity (Wildman–Crippen MR) is 123 cm³/mol. The van der Waals surface area contributed by atoms with Gasteiger partial charge in [0, 0.05) is 33.1 Å². The molecule has 0 spiro atoms. The summed E-state index contributed by atoms with van der Waals surface area (Å²) in [6, 6.07) is 8.96. The second-order valence-electron chi connectivity index (χ2n) is 6.72. The standard InChI is InChI=1S/C20H32N6.HI/c1-5-19-25-24-15-26(19)14-13-23-20(21-4)22-12-6-7-17-8-10-18(11-9-17)16(2)3;/h8-11,15-16H,5-7,12-14H2,1-4H3,(H2,21,22,23);1H. The molecule has 0 amide bonds. The van der Waals surface area contributed by atoms with Gasteiger partial charge in [0.2, 0.25) is 0 Å². The highest BCUT2D eigenvalue weighted by atomic mass is 127. The van der Waals surface area contributed by atoms with Crippen LogP contribution in [0.2, 0.25) is 0 Å². The van der Waals surface area contributed by atoms with E-state index in [0.717, 1.165) is 50.7 Å². The molecule has 150 valence electrons. The largest absolute Gasteiger partial charge is 0.356 e. The van der Waals surface area contributed by atoms with Crippen molar-refractivity contribution in [1.82, 2.24) is 25.4 Å². The average molecular weight is 484 g/mol. The van der Waals surface area contributed by atoms with Crippen molar-refractivity contribution in [2.24, 2.45) is 4.99 Å². The molecule has 0 aliphatic rings. The molecular formula is C20H33IN6.